The molecule has 0 radical (unpaired) electrons. The molecule has 2 atom stereocenters. The van der Waals surface area contributed by atoms with E-state index in [9.17, 15) is 0 Å². The number of pyridine rings is 2. The van der Waals surface area contributed by atoms with Gasteiger partial charge in [0, 0.05) is 30.0 Å². The molecule has 0 amide bonds. The highest BCUT2D eigenvalue weighted by molar-refractivity contribution is 5.28. The van der Waals surface area contributed by atoms with Gasteiger partial charge in [-0.15, -0.1) is 0 Å². The first-order chi connectivity index (χ1) is 12.1. The molecule has 0 aromatic carbocycles. The summed E-state index contributed by atoms with van der Waals surface area (Å²) in [5.74, 6) is 0.444. The number of nitrogens with zero attached hydrogens (tertiary/aromatic N) is 2. The van der Waals surface area contributed by atoms with Gasteiger partial charge in [-0.3, -0.25) is 9.97 Å². The van der Waals surface area contributed by atoms with Crippen LogP contribution in [0.1, 0.15) is 62.4 Å². The van der Waals surface area contributed by atoms with Crippen LogP contribution in [0.3, 0.4) is 0 Å². The molecule has 2 aromatic rings. The molecule has 0 saturated heterocycles. The number of rotatable bonds is 7. The summed E-state index contributed by atoms with van der Waals surface area (Å²) >= 11 is 0. The fourth-order valence-corrected chi connectivity index (χ4v) is 4.02. The standard InChI is InChI=1S/C21H30N4/c1-21(2,19-12-3-4-14-23-19)25-18(11-6-13-22)17-10-5-8-16-9-7-15-24-20(16)17/h3-4,7,9,12,14-15,17-18,25H,5-6,8,10-11,13,22H2,1-2H3. The van der Waals surface area contributed by atoms with E-state index >= 15 is 0 Å². The lowest BCUT2D eigenvalue weighted by Crippen LogP contribution is -2.48. The van der Waals surface area contributed by atoms with Gasteiger partial charge < -0.3 is 11.1 Å². The van der Waals surface area contributed by atoms with E-state index in [0.29, 0.717) is 12.0 Å². The Balaban J connectivity index is 1.86. The van der Waals surface area contributed by atoms with Gasteiger partial charge >= 0.3 is 0 Å². The van der Waals surface area contributed by atoms with Crippen molar-refractivity contribution < 1.29 is 0 Å². The fraction of sp³-hybridized carbons (Fsp3) is 0.524. The van der Waals surface area contributed by atoms with Crippen LogP contribution in [-0.2, 0) is 12.0 Å². The lowest BCUT2D eigenvalue weighted by molar-refractivity contribution is 0.270. The monoisotopic (exact) mass is 338 g/mol. The molecule has 2 unspecified atom stereocenters. The summed E-state index contributed by atoms with van der Waals surface area (Å²) in [7, 11) is 0. The summed E-state index contributed by atoms with van der Waals surface area (Å²) in [6.45, 7) is 5.16. The number of hydrogen-bond donors (Lipinski definition) is 2. The van der Waals surface area contributed by atoms with Crippen LogP contribution in [0.2, 0.25) is 0 Å². The Kier molecular flexibility index (Phi) is 5.82. The van der Waals surface area contributed by atoms with Crippen molar-refractivity contribution in [1.29, 1.82) is 0 Å². The van der Waals surface area contributed by atoms with Crippen LogP contribution in [0, 0.1) is 0 Å². The van der Waals surface area contributed by atoms with Gasteiger partial charge in [0.1, 0.15) is 0 Å². The Morgan fingerprint density at radius 1 is 1.20 bits per heavy atom. The van der Waals surface area contributed by atoms with Crippen LogP contribution in [0.25, 0.3) is 0 Å². The van der Waals surface area contributed by atoms with E-state index in [1.54, 1.807) is 0 Å². The first-order valence-corrected chi connectivity index (χ1v) is 9.45. The zero-order chi connectivity index (χ0) is 17.7. The Morgan fingerprint density at radius 3 is 2.80 bits per heavy atom. The molecule has 0 spiro atoms. The van der Waals surface area contributed by atoms with E-state index in [0.717, 1.165) is 31.5 Å². The summed E-state index contributed by atoms with van der Waals surface area (Å²) in [6.07, 6.45) is 9.44. The van der Waals surface area contributed by atoms with E-state index in [2.05, 4.69) is 48.4 Å². The van der Waals surface area contributed by atoms with E-state index in [-0.39, 0.29) is 5.54 Å². The number of nitrogens with one attached hydrogen (secondary N) is 1. The Bertz CT molecular complexity index is 669. The molecule has 0 bridgehead atoms. The lowest BCUT2D eigenvalue weighted by Gasteiger charge is -2.38. The molecule has 2 aromatic heterocycles. The quantitative estimate of drug-likeness (QED) is 0.810. The van der Waals surface area contributed by atoms with Crippen molar-refractivity contribution in [3.05, 3.63) is 59.7 Å². The van der Waals surface area contributed by atoms with Gasteiger partial charge in [-0.2, -0.15) is 0 Å². The van der Waals surface area contributed by atoms with Gasteiger partial charge in [-0.25, -0.2) is 0 Å². The number of nitrogens with two attached hydrogens (primary N) is 1. The van der Waals surface area contributed by atoms with Gasteiger partial charge in [0.25, 0.3) is 0 Å². The maximum Gasteiger partial charge on any atom is 0.0599 e. The van der Waals surface area contributed by atoms with Crippen molar-refractivity contribution >= 4 is 0 Å². The largest absolute Gasteiger partial charge is 0.330 e. The van der Waals surface area contributed by atoms with E-state index < -0.39 is 0 Å². The molecule has 1 aliphatic carbocycles. The minimum Gasteiger partial charge on any atom is -0.330 e. The second kappa shape index (κ2) is 8.07. The summed E-state index contributed by atoms with van der Waals surface area (Å²) in [4.78, 5) is 9.32. The first kappa shape index (κ1) is 18.0. The smallest absolute Gasteiger partial charge is 0.0599 e. The van der Waals surface area contributed by atoms with Crippen LogP contribution in [0.15, 0.2) is 42.7 Å². The van der Waals surface area contributed by atoms with Crippen LogP contribution in [0.5, 0.6) is 0 Å². The molecule has 1 aliphatic rings. The minimum atomic E-state index is -0.188. The number of hydrogen-bond acceptors (Lipinski definition) is 4. The molecule has 4 heteroatoms. The van der Waals surface area contributed by atoms with Crippen LogP contribution in [-0.4, -0.2) is 22.6 Å². The third-order valence-electron chi connectivity index (χ3n) is 5.29. The van der Waals surface area contributed by atoms with Crippen molar-refractivity contribution in [3.8, 4) is 0 Å². The fourth-order valence-electron chi connectivity index (χ4n) is 4.02. The molecule has 0 fully saturated rings. The minimum absolute atomic E-state index is 0.188. The average molecular weight is 338 g/mol. The van der Waals surface area contributed by atoms with Crippen molar-refractivity contribution in [1.82, 2.24) is 15.3 Å². The molecular formula is C21H30N4. The van der Waals surface area contributed by atoms with E-state index in [1.165, 1.54) is 24.1 Å². The highest BCUT2D eigenvalue weighted by atomic mass is 15.0. The summed E-state index contributed by atoms with van der Waals surface area (Å²) in [5, 5.41) is 3.90. The molecule has 3 N–H and O–H groups in total. The molecule has 3 rings (SSSR count). The number of fused-ring (bicyclic) bond motifs is 1. The second-order valence-corrected chi connectivity index (χ2v) is 7.57. The highest BCUT2D eigenvalue weighted by Gasteiger charge is 2.33. The van der Waals surface area contributed by atoms with Crippen molar-refractivity contribution in [3.63, 3.8) is 0 Å². The molecule has 2 heterocycles. The van der Waals surface area contributed by atoms with Gasteiger partial charge in [-0.1, -0.05) is 12.1 Å². The van der Waals surface area contributed by atoms with Crippen molar-refractivity contribution in [2.75, 3.05) is 6.54 Å². The van der Waals surface area contributed by atoms with E-state index in [4.69, 9.17) is 10.7 Å². The molecule has 25 heavy (non-hydrogen) atoms. The predicted molar refractivity (Wildman–Crippen MR) is 102 cm³/mol. The maximum atomic E-state index is 5.82. The molecule has 134 valence electrons. The molecule has 0 aliphatic heterocycles. The zero-order valence-electron chi connectivity index (χ0n) is 15.4. The van der Waals surface area contributed by atoms with Crippen LogP contribution < -0.4 is 11.1 Å². The number of aryl methyl sites for hydroxylation is 1. The first-order valence-electron chi connectivity index (χ1n) is 9.45. The average Bonchev–Trinajstić information content (AvgIpc) is 2.65. The van der Waals surface area contributed by atoms with Crippen molar-refractivity contribution in [2.24, 2.45) is 5.73 Å². The summed E-state index contributed by atoms with van der Waals surface area (Å²) < 4.78 is 0. The maximum absolute atomic E-state index is 5.82. The van der Waals surface area contributed by atoms with Gasteiger partial charge in [0.15, 0.2) is 0 Å². The van der Waals surface area contributed by atoms with Crippen LogP contribution in [0.4, 0.5) is 0 Å². The van der Waals surface area contributed by atoms with Gasteiger partial charge in [0.2, 0.25) is 0 Å². The molecular weight excluding hydrogens is 308 g/mol. The topological polar surface area (TPSA) is 63.8 Å². The Labute approximate surface area is 151 Å². The normalized spacial score (nSPS) is 18.6. The molecule has 0 saturated carbocycles. The van der Waals surface area contributed by atoms with Crippen LogP contribution >= 0.6 is 0 Å². The summed E-state index contributed by atoms with van der Waals surface area (Å²) in [5.41, 5.74) is 9.40. The number of aromatic nitrogens is 2. The Morgan fingerprint density at radius 2 is 2.04 bits per heavy atom. The third kappa shape index (κ3) is 4.25. The van der Waals surface area contributed by atoms with Crippen molar-refractivity contribution in [2.45, 2.75) is 63.5 Å². The summed E-state index contributed by atoms with van der Waals surface area (Å²) in [6, 6.07) is 10.8. The second-order valence-electron chi connectivity index (χ2n) is 7.57. The Hall–Kier alpha value is -1.78. The van der Waals surface area contributed by atoms with E-state index in [1.807, 2.05) is 18.5 Å². The van der Waals surface area contributed by atoms with Gasteiger partial charge in [-0.05, 0) is 76.3 Å². The molecule has 4 nitrogen and oxygen atoms in total. The zero-order valence-corrected chi connectivity index (χ0v) is 15.4. The lowest BCUT2D eigenvalue weighted by atomic mass is 9.79. The highest BCUT2D eigenvalue weighted by Crippen LogP contribution is 2.35. The third-order valence-corrected chi connectivity index (χ3v) is 5.29. The predicted octanol–water partition coefficient (Wildman–Crippen LogP) is 3.53. The SMILES string of the molecule is CC(C)(NC(CCCN)C1CCCc2cccnc21)c1ccccn1. The van der Waals surface area contributed by atoms with Gasteiger partial charge in [0.05, 0.1) is 11.2 Å².